The summed E-state index contributed by atoms with van der Waals surface area (Å²) in [5.74, 6) is -0.259. The summed E-state index contributed by atoms with van der Waals surface area (Å²) in [6, 6.07) is 6.88. The molecule has 3 rings (SSSR count). The van der Waals surface area contributed by atoms with Crippen LogP contribution >= 0.6 is 11.3 Å². The third-order valence-corrected chi connectivity index (χ3v) is 5.35. The first-order valence-electron chi connectivity index (χ1n) is 7.98. The number of hydrogen-bond donors (Lipinski definition) is 2. The molecule has 1 aliphatic heterocycles. The summed E-state index contributed by atoms with van der Waals surface area (Å²) in [7, 11) is 0. The molecule has 1 aromatic heterocycles. The van der Waals surface area contributed by atoms with Gasteiger partial charge in [0.15, 0.2) is 0 Å². The van der Waals surface area contributed by atoms with Gasteiger partial charge in [0.25, 0.3) is 5.91 Å². The van der Waals surface area contributed by atoms with E-state index in [0.717, 1.165) is 18.5 Å². The molecule has 5 nitrogen and oxygen atoms in total. The van der Waals surface area contributed by atoms with Gasteiger partial charge in [-0.1, -0.05) is 6.07 Å². The monoisotopic (exact) mass is 343 g/mol. The zero-order valence-electron chi connectivity index (χ0n) is 13.8. The van der Waals surface area contributed by atoms with E-state index in [0.29, 0.717) is 17.8 Å². The van der Waals surface area contributed by atoms with Gasteiger partial charge in [0, 0.05) is 29.2 Å². The van der Waals surface area contributed by atoms with Crippen LogP contribution in [0.25, 0.3) is 0 Å². The third kappa shape index (κ3) is 3.20. The molecular formula is C18H21N3O2S. The van der Waals surface area contributed by atoms with Crippen LogP contribution in [0, 0.1) is 6.92 Å². The summed E-state index contributed by atoms with van der Waals surface area (Å²) < 4.78 is 0. The van der Waals surface area contributed by atoms with E-state index < -0.39 is 6.04 Å². The molecule has 2 aromatic rings. The van der Waals surface area contributed by atoms with Crippen molar-refractivity contribution < 1.29 is 9.59 Å². The molecule has 0 saturated heterocycles. The second-order valence-electron chi connectivity index (χ2n) is 6.10. The first-order valence-corrected chi connectivity index (χ1v) is 8.86. The van der Waals surface area contributed by atoms with Crippen LogP contribution in [0.3, 0.4) is 0 Å². The maximum Gasteiger partial charge on any atom is 0.254 e. The molecule has 0 unspecified atom stereocenters. The lowest BCUT2D eigenvalue weighted by Gasteiger charge is -2.28. The fourth-order valence-electron chi connectivity index (χ4n) is 2.84. The Kier molecular flexibility index (Phi) is 4.69. The largest absolute Gasteiger partial charge is 0.334 e. The molecule has 126 valence electrons. The van der Waals surface area contributed by atoms with E-state index in [1.807, 2.05) is 17.9 Å². The summed E-state index contributed by atoms with van der Waals surface area (Å²) >= 11 is 1.75. The molecule has 1 atom stereocenters. The Morgan fingerprint density at radius 2 is 2.12 bits per heavy atom. The average molecular weight is 343 g/mol. The van der Waals surface area contributed by atoms with Gasteiger partial charge in [-0.25, -0.2) is 0 Å². The number of nitrogens with zero attached hydrogens (tertiary/aromatic N) is 1. The number of carbonyl (C=O) groups is 2. The highest BCUT2D eigenvalue weighted by molar-refractivity contribution is 7.10. The fraction of sp³-hybridized carbons (Fsp3) is 0.333. The minimum absolute atomic E-state index is 0.00115. The smallest absolute Gasteiger partial charge is 0.254 e. The van der Waals surface area contributed by atoms with Gasteiger partial charge in [-0.15, -0.1) is 11.3 Å². The normalized spacial score (nSPS) is 14.9. The zero-order chi connectivity index (χ0) is 17.3. The van der Waals surface area contributed by atoms with Gasteiger partial charge in [-0.05, 0) is 55.0 Å². The van der Waals surface area contributed by atoms with Crippen molar-refractivity contribution in [2.45, 2.75) is 32.9 Å². The quantitative estimate of drug-likeness (QED) is 0.899. The molecule has 0 saturated carbocycles. The van der Waals surface area contributed by atoms with Crippen LogP contribution in [0.1, 0.15) is 33.3 Å². The summed E-state index contributed by atoms with van der Waals surface area (Å²) in [6.45, 7) is 4.85. The Morgan fingerprint density at radius 3 is 2.88 bits per heavy atom. The van der Waals surface area contributed by atoms with Crippen LogP contribution in [0.4, 0.5) is 5.69 Å². The van der Waals surface area contributed by atoms with Crippen molar-refractivity contribution in [1.29, 1.82) is 0 Å². The standard InChI is InChI=1S/C18H21N3O2S/c1-11-14(4-3-5-15(11)20-17(22)12(2)19)18(23)21-8-6-16-13(10-21)7-9-24-16/h3-5,7,9,12H,6,8,10,19H2,1-2H3,(H,20,22)/t12-/m0/s1. The topological polar surface area (TPSA) is 75.4 Å². The van der Waals surface area contributed by atoms with Crippen LogP contribution in [0.15, 0.2) is 29.6 Å². The summed E-state index contributed by atoms with van der Waals surface area (Å²) in [4.78, 5) is 28.0. The highest BCUT2D eigenvalue weighted by atomic mass is 32.1. The Labute approximate surface area is 145 Å². The summed E-state index contributed by atoms with van der Waals surface area (Å²) in [5, 5.41) is 4.86. The Bertz CT molecular complexity index is 782. The molecule has 24 heavy (non-hydrogen) atoms. The van der Waals surface area contributed by atoms with E-state index in [4.69, 9.17) is 5.73 Å². The SMILES string of the molecule is Cc1c(NC(=O)[C@H](C)N)cccc1C(=O)N1CCc2sccc2C1. The first kappa shape index (κ1) is 16.7. The van der Waals surface area contributed by atoms with Crippen LogP contribution in [-0.4, -0.2) is 29.3 Å². The number of anilines is 1. The molecule has 0 spiro atoms. The van der Waals surface area contributed by atoms with E-state index in [9.17, 15) is 9.59 Å². The maximum atomic E-state index is 12.9. The number of nitrogens with two attached hydrogens (primary N) is 1. The Hall–Kier alpha value is -2.18. The third-order valence-electron chi connectivity index (χ3n) is 4.33. The number of hydrogen-bond acceptors (Lipinski definition) is 4. The second-order valence-corrected chi connectivity index (χ2v) is 7.10. The number of amides is 2. The van der Waals surface area contributed by atoms with E-state index in [2.05, 4.69) is 16.8 Å². The van der Waals surface area contributed by atoms with Crippen molar-refractivity contribution in [1.82, 2.24) is 4.90 Å². The molecule has 0 aliphatic carbocycles. The molecule has 0 radical (unpaired) electrons. The minimum Gasteiger partial charge on any atom is -0.334 e. The van der Waals surface area contributed by atoms with Crippen LogP contribution in [-0.2, 0) is 17.8 Å². The van der Waals surface area contributed by atoms with E-state index >= 15 is 0 Å². The molecule has 1 aromatic carbocycles. The van der Waals surface area contributed by atoms with Gasteiger partial charge in [0.05, 0.1) is 6.04 Å². The Balaban J connectivity index is 1.82. The number of carbonyl (C=O) groups excluding carboxylic acids is 2. The fourth-order valence-corrected chi connectivity index (χ4v) is 3.73. The molecule has 1 aliphatic rings. The average Bonchev–Trinajstić information content (AvgIpc) is 3.03. The molecule has 0 fully saturated rings. The number of benzene rings is 1. The lowest BCUT2D eigenvalue weighted by Crippen LogP contribution is -2.36. The van der Waals surface area contributed by atoms with Crippen molar-refractivity contribution in [3.63, 3.8) is 0 Å². The van der Waals surface area contributed by atoms with Gasteiger partial charge in [0.2, 0.25) is 5.91 Å². The number of rotatable bonds is 3. The van der Waals surface area contributed by atoms with Gasteiger partial charge >= 0.3 is 0 Å². The van der Waals surface area contributed by atoms with Crippen molar-refractivity contribution in [2.75, 3.05) is 11.9 Å². The van der Waals surface area contributed by atoms with Crippen molar-refractivity contribution in [3.05, 3.63) is 51.2 Å². The van der Waals surface area contributed by atoms with E-state index in [1.165, 1.54) is 10.4 Å². The highest BCUT2D eigenvalue weighted by Crippen LogP contribution is 2.27. The predicted octanol–water partition coefficient (Wildman–Crippen LogP) is 2.54. The zero-order valence-corrected chi connectivity index (χ0v) is 14.7. The van der Waals surface area contributed by atoms with Crippen LogP contribution in [0.2, 0.25) is 0 Å². The van der Waals surface area contributed by atoms with E-state index in [-0.39, 0.29) is 11.8 Å². The van der Waals surface area contributed by atoms with Gasteiger partial charge < -0.3 is 16.0 Å². The van der Waals surface area contributed by atoms with Gasteiger partial charge in [-0.2, -0.15) is 0 Å². The molecule has 0 bridgehead atoms. The summed E-state index contributed by atoms with van der Waals surface area (Å²) in [6.07, 6.45) is 0.902. The van der Waals surface area contributed by atoms with Gasteiger partial charge in [-0.3, -0.25) is 9.59 Å². The number of fused-ring (bicyclic) bond motifs is 1. The maximum absolute atomic E-state index is 12.9. The first-order chi connectivity index (χ1) is 11.5. The molecule has 2 heterocycles. The molecule has 3 N–H and O–H groups in total. The molecule has 2 amide bonds. The second kappa shape index (κ2) is 6.75. The Morgan fingerprint density at radius 1 is 1.33 bits per heavy atom. The van der Waals surface area contributed by atoms with Crippen molar-refractivity contribution in [2.24, 2.45) is 5.73 Å². The van der Waals surface area contributed by atoms with Crippen molar-refractivity contribution in [3.8, 4) is 0 Å². The minimum atomic E-state index is -0.595. The highest BCUT2D eigenvalue weighted by Gasteiger charge is 2.24. The molecule has 6 heteroatoms. The lowest BCUT2D eigenvalue weighted by atomic mass is 10.0. The molecular weight excluding hydrogens is 322 g/mol. The summed E-state index contributed by atoms with van der Waals surface area (Å²) in [5.41, 5.74) is 8.86. The lowest BCUT2D eigenvalue weighted by molar-refractivity contribution is -0.117. The van der Waals surface area contributed by atoms with Crippen LogP contribution < -0.4 is 11.1 Å². The van der Waals surface area contributed by atoms with E-state index in [1.54, 1.807) is 30.4 Å². The number of thiophene rings is 1. The van der Waals surface area contributed by atoms with Crippen LogP contribution in [0.5, 0.6) is 0 Å². The van der Waals surface area contributed by atoms with Crippen molar-refractivity contribution >= 4 is 28.8 Å². The predicted molar refractivity (Wildman–Crippen MR) is 96.2 cm³/mol. The van der Waals surface area contributed by atoms with Gasteiger partial charge in [0.1, 0.15) is 0 Å². The number of nitrogens with one attached hydrogen (secondary N) is 1.